The van der Waals surface area contributed by atoms with Crippen LogP contribution in [0.3, 0.4) is 0 Å². The van der Waals surface area contributed by atoms with Gasteiger partial charge in [-0.3, -0.25) is 0 Å². The zero-order chi connectivity index (χ0) is 26.4. The summed E-state index contributed by atoms with van der Waals surface area (Å²) in [6, 6.07) is 15.9. The predicted molar refractivity (Wildman–Crippen MR) is 132 cm³/mol. The number of hydrogen-bond acceptors (Lipinski definition) is 6. The third kappa shape index (κ3) is 6.42. The summed E-state index contributed by atoms with van der Waals surface area (Å²) in [6.45, 7) is 1.45. The van der Waals surface area contributed by atoms with Crippen molar-refractivity contribution in [2.75, 3.05) is 24.7 Å². The molecule has 1 amide bonds. The molecule has 3 aromatic carbocycles. The molecule has 0 radical (unpaired) electrons. The minimum Gasteiger partial charge on any atom is -0.482 e. The minimum atomic E-state index is -1.35. The number of rotatable bonds is 8. The lowest BCUT2D eigenvalue weighted by atomic mass is 9.80. The van der Waals surface area contributed by atoms with Crippen LogP contribution in [-0.2, 0) is 27.1 Å². The number of esters is 1. The van der Waals surface area contributed by atoms with Crippen LogP contribution in [-0.4, -0.2) is 42.6 Å². The number of aliphatic hydroxyl groups is 1. The number of halogens is 2. The molecule has 1 unspecified atom stereocenters. The van der Waals surface area contributed by atoms with E-state index < -0.39 is 29.3 Å². The summed E-state index contributed by atoms with van der Waals surface area (Å²) < 4.78 is 43.4. The first-order valence-corrected chi connectivity index (χ1v) is 11.9. The van der Waals surface area contributed by atoms with E-state index in [0.29, 0.717) is 12.2 Å². The van der Waals surface area contributed by atoms with Gasteiger partial charge in [0, 0.05) is 6.42 Å². The van der Waals surface area contributed by atoms with E-state index in [-0.39, 0.29) is 44.0 Å². The van der Waals surface area contributed by atoms with Crippen LogP contribution >= 0.6 is 0 Å². The van der Waals surface area contributed by atoms with Crippen LogP contribution in [0.4, 0.5) is 25.0 Å². The van der Waals surface area contributed by atoms with E-state index in [0.717, 1.165) is 22.1 Å². The van der Waals surface area contributed by atoms with Crippen molar-refractivity contribution >= 4 is 23.4 Å². The molecule has 1 N–H and O–H groups in total. The number of fused-ring (bicyclic) bond motifs is 1. The van der Waals surface area contributed by atoms with Crippen molar-refractivity contribution in [1.29, 1.82) is 0 Å². The van der Waals surface area contributed by atoms with Crippen molar-refractivity contribution in [1.82, 2.24) is 0 Å². The highest BCUT2D eigenvalue weighted by molar-refractivity contribution is 5.96. The summed E-state index contributed by atoms with van der Waals surface area (Å²) in [4.78, 5) is 25.9. The van der Waals surface area contributed by atoms with Crippen molar-refractivity contribution < 1.29 is 37.7 Å². The zero-order valence-corrected chi connectivity index (χ0v) is 20.3. The SMILES string of the molecule is CCOC(=O)COc1cccc2c1CCC(O)(COC(=O)N(c1ccc(F)cc1)c1cccc(F)c1)C2. The molecular weight excluding hydrogens is 484 g/mol. The first-order valence-electron chi connectivity index (χ1n) is 11.9. The number of hydrogen-bond donors (Lipinski definition) is 1. The molecule has 194 valence electrons. The van der Waals surface area contributed by atoms with Gasteiger partial charge in [-0.15, -0.1) is 0 Å². The molecule has 0 heterocycles. The second-order valence-corrected chi connectivity index (χ2v) is 8.73. The maximum atomic E-state index is 13.9. The topological polar surface area (TPSA) is 85.3 Å². The van der Waals surface area contributed by atoms with Crippen molar-refractivity contribution in [3.05, 3.63) is 89.5 Å². The summed E-state index contributed by atoms with van der Waals surface area (Å²) in [5, 5.41) is 11.2. The number of amides is 1. The Morgan fingerprint density at radius 3 is 2.46 bits per heavy atom. The zero-order valence-electron chi connectivity index (χ0n) is 20.3. The van der Waals surface area contributed by atoms with Gasteiger partial charge < -0.3 is 19.3 Å². The van der Waals surface area contributed by atoms with E-state index in [1.54, 1.807) is 19.1 Å². The molecule has 0 saturated heterocycles. The second-order valence-electron chi connectivity index (χ2n) is 8.73. The maximum Gasteiger partial charge on any atom is 0.419 e. The van der Waals surface area contributed by atoms with Crippen LogP contribution in [0.25, 0.3) is 0 Å². The molecular formula is C28H27F2NO6. The average molecular weight is 512 g/mol. The van der Waals surface area contributed by atoms with E-state index in [1.807, 2.05) is 6.07 Å². The van der Waals surface area contributed by atoms with E-state index in [1.165, 1.54) is 42.5 Å². The molecule has 0 aliphatic heterocycles. The van der Waals surface area contributed by atoms with Crippen molar-refractivity contribution in [2.45, 2.75) is 31.8 Å². The Bertz CT molecular complexity index is 1270. The highest BCUT2D eigenvalue weighted by Gasteiger charge is 2.36. The standard InChI is InChI=1S/C28H27F2NO6/c1-2-35-26(32)17-36-25-8-3-5-19-16-28(34,14-13-24(19)25)18-37-27(33)31(22-11-9-20(29)10-12-22)23-7-4-6-21(30)15-23/h3-12,15,34H,2,13-14,16-18H2,1H3. The maximum absolute atomic E-state index is 13.9. The fourth-order valence-corrected chi connectivity index (χ4v) is 4.28. The van der Waals surface area contributed by atoms with Gasteiger partial charge in [-0.05, 0) is 79.4 Å². The van der Waals surface area contributed by atoms with Gasteiger partial charge >= 0.3 is 12.1 Å². The highest BCUT2D eigenvalue weighted by Crippen LogP contribution is 2.35. The molecule has 0 spiro atoms. The van der Waals surface area contributed by atoms with Gasteiger partial charge in [-0.25, -0.2) is 23.3 Å². The van der Waals surface area contributed by atoms with Crippen LogP contribution in [0.15, 0.2) is 66.7 Å². The average Bonchev–Trinajstić information content (AvgIpc) is 2.88. The summed E-state index contributed by atoms with van der Waals surface area (Å²) >= 11 is 0. The Morgan fingerprint density at radius 2 is 1.73 bits per heavy atom. The van der Waals surface area contributed by atoms with Crippen LogP contribution in [0.5, 0.6) is 5.75 Å². The van der Waals surface area contributed by atoms with E-state index in [4.69, 9.17) is 14.2 Å². The predicted octanol–water partition coefficient (Wildman–Crippen LogP) is 5.10. The number of benzene rings is 3. The van der Waals surface area contributed by atoms with Crippen LogP contribution < -0.4 is 9.64 Å². The Balaban J connectivity index is 1.47. The highest BCUT2D eigenvalue weighted by atomic mass is 19.1. The van der Waals surface area contributed by atoms with Gasteiger partial charge in [0.15, 0.2) is 6.61 Å². The van der Waals surface area contributed by atoms with Crippen molar-refractivity contribution in [3.8, 4) is 5.75 Å². The normalized spacial score (nSPS) is 16.4. The van der Waals surface area contributed by atoms with Crippen molar-refractivity contribution in [2.24, 2.45) is 0 Å². The minimum absolute atomic E-state index is 0.195. The first kappa shape index (κ1) is 26.1. The molecule has 0 saturated carbocycles. The quantitative estimate of drug-likeness (QED) is 0.424. The fourth-order valence-electron chi connectivity index (χ4n) is 4.28. The lowest BCUT2D eigenvalue weighted by Gasteiger charge is -2.34. The number of anilines is 2. The molecule has 0 fully saturated rings. The third-order valence-electron chi connectivity index (χ3n) is 6.04. The smallest absolute Gasteiger partial charge is 0.419 e. The van der Waals surface area contributed by atoms with E-state index in [2.05, 4.69) is 0 Å². The fraction of sp³-hybridized carbons (Fsp3) is 0.286. The monoisotopic (exact) mass is 511 g/mol. The number of carbonyl (C=O) groups is 2. The molecule has 0 bridgehead atoms. The van der Waals surface area contributed by atoms with Gasteiger partial charge in [0.05, 0.1) is 18.0 Å². The molecule has 3 aromatic rings. The van der Waals surface area contributed by atoms with Gasteiger partial charge in [-0.1, -0.05) is 18.2 Å². The summed E-state index contributed by atoms with van der Waals surface area (Å²) in [7, 11) is 0. The number of nitrogens with zero attached hydrogens (tertiary/aromatic N) is 1. The Morgan fingerprint density at radius 1 is 0.973 bits per heavy atom. The molecule has 0 aromatic heterocycles. The number of ether oxygens (including phenoxy) is 3. The molecule has 1 aliphatic carbocycles. The molecule has 37 heavy (non-hydrogen) atoms. The van der Waals surface area contributed by atoms with Gasteiger partial charge in [0.1, 0.15) is 29.6 Å². The first-order chi connectivity index (χ1) is 17.8. The van der Waals surface area contributed by atoms with E-state index >= 15 is 0 Å². The van der Waals surface area contributed by atoms with Gasteiger partial charge in [0.2, 0.25) is 0 Å². The number of carbonyl (C=O) groups excluding carboxylic acids is 2. The largest absolute Gasteiger partial charge is 0.482 e. The van der Waals surface area contributed by atoms with Crippen LogP contribution in [0.2, 0.25) is 0 Å². The summed E-state index contributed by atoms with van der Waals surface area (Å²) in [5.74, 6) is -0.973. The van der Waals surface area contributed by atoms with Crippen LogP contribution in [0.1, 0.15) is 24.5 Å². The van der Waals surface area contributed by atoms with Crippen molar-refractivity contribution in [3.63, 3.8) is 0 Å². The summed E-state index contributed by atoms with van der Waals surface area (Å²) in [5.41, 5.74) is 0.809. The lowest BCUT2D eigenvalue weighted by Crippen LogP contribution is -2.42. The molecule has 4 rings (SSSR count). The molecule has 1 atom stereocenters. The molecule has 9 heteroatoms. The van der Waals surface area contributed by atoms with E-state index in [9.17, 15) is 23.5 Å². The second kappa shape index (κ2) is 11.4. The summed E-state index contributed by atoms with van der Waals surface area (Å²) in [6.07, 6.45) is 0.0724. The Labute approximate surface area is 213 Å². The lowest BCUT2D eigenvalue weighted by molar-refractivity contribution is -0.145. The van der Waals surface area contributed by atoms with Crippen LogP contribution in [0, 0.1) is 11.6 Å². The van der Waals surface area contributed by atoms with Gasteiger partial charge in [-0.2, -0.15) is 0 Å². The Hall–Kier alpha value is -3.98. The Kier molecular flexibility index (Phi) is 8.03. The molecule has 1 aliphatic rings. The molecule has 7 nitrogen and oxygen atoms in total. The van der Waals surface area contributed by atoms with Gasteiger partial charge in [0.25, 0.3) is 0 Å². The third-order valence-corrected chi connectivity index (χ3v) is 6.04.